The normalized spacial score (nSPS) is 17.0. The van der Waals surface area contributed by atoms with Crippen molar-refractivity contribution in [1.82, 2.24) is 4.72 Å². The molecule has 0 spiro atoms. The number of rotatable bonds is 8. The summed E-state index contributed by atoms with van der Waals surface area (Å²) < 4.78 is 64.5. The number of hydrogen-bond donors (Lipinski definition) is 2. The van der Waals surface area contributed by atoms with Gasteiger partial charge in [0.15, 0.2) is 6.10 Å². The lowest BCUT2D eigenvalue weighted by Gasteiger charge is -2.14. The van der Waals surface area contributed by atoms with Gasteiger partial charge in [-0.15, -0.1) is 0 Å². The molecule has 1 fully saturated rings. The molecule has 1 aliphatic rings. The molecule has 1 amide bonds. The summed E-state index contributed by atoms with van der Waals surface area (Å²) in [4.78, 5) is 24.4. The van der Waals surface area contributed by atoms with E-state index in [2.05, 4.69) is 10.0 Å². The molecular formula is C21H22F2N2O6S. The fourth-order valence-corrected chi connectivity index (χ4v) is 4.04. The number of carbonyl (C=O) groups is 2. The summed E-state index contributed by atoms with van der Waals surface area (Å²) in [5.41, 5.74) is -0.373. The number of hydrogen-bond acceptors (Lipinski definition) is 6. The molecule has 1 heterocycles. The number of amides is 1. The monoisotopic (exact) mass is 468 g/mol. The minimum Gasteiger partial charge on any atom is -0.449 e. The Morgan fingerprint density at radius 1 is 1.19 bits per heavy atom. The standard InChI is InChI=1S/C21H22F2N2O6S/c1-13(20(26)25-19-11-15(22)6-9-18(19)23)31-21(27)14-4-7-17(8-5-14)32(28,29)24-12-16-3-2-10-30-16/h4-9,11,13,16,24H,2-3,10,12H2,1H3,(H,25,26)/t13-,16-/m0/s1. The Balaban J connectivity index is 1.57. The molecule has 2 N–H and O–H groups in total. The molecule has 1 saturated heterocycles. The topological polar surface area (TPSA) is 111 Å². The van der Waals surface area contributed by atoms with Crippen LogP contribution in [0.5, 0.6) is 0 Å². The van der Waals surface area contributed by atoms with E-state index in [1.54, 1.807) is 0 Å². The lowest BCUT2D eigenvalue weighted by atomic mass is 10.2. The van der Waals surface area contributed by atoms with Crippen molar-refractivity contribution in [1.29, 1.82) is 0 Å². The van der Waals surface area contributed by atoms with Crippen molar-refractivity contribution < 1.29 is 36.3 Å². The van der Waals surface area contributed by atoms with Crippen LogP contribution in [0.2, 0.25) is 0 Å². The number of carbonyl (C=O) groups excluding carboxylic acids is 2. The molecule has 0 aliphatic carbocycles. The number of anilines is 1. The first kappa shape index (κ1) is 23.8. The van der Waals surface area contributed by atoms with Crippen LogP contribution in [0.3, 0.4) is 0 Å². The number of nitrogens with one attached hydrogen (secondary N) is 2. The SMILES string of the molecule is C[C@H](OC(=O)c1ccc(S(=O)(=O)NC[C@@H]2CCCO2)cc1)C(=O)Nc1cc(F)ccc1F. The zero-order valence-electron chi connectivity index (χ0n) is 17.1. The second kappa shape index (κ2) is 10.2. The van der Waals surface area contributed by atoms with Gasteiger partial charge >= 0.3 is 5.97 Å². The van der Waals surface area contributed by atoms with Crippen LogP contribution in [-0.4, -0.2) is 45.7 Å². The van der Waals surface area contributed by atoms with Crippen molar-refractivity contribution in [2.75, 3.05) is 18.5 Å². The van der Waals surface area contributed by atoms with Crippen LogP contribution in [0.1, 0.15) is 30.1 Å². The summed E-state index contributed by atoms with van der Waals surface area (Å²) in [6, 6.07) is 7.53. The van der Waals surface area contributed by atoms with Gasteiger partial charge in [-0.3, -0.25) is 4.79 Å². The maximum atomic E-state index is 13.6. The molecule has 172 valence electrons. The van der Waals surface area contributed by atoms with E-state index in [1.807, 2.05) is 0 Å². The molecule has 2 atom stereocenters. The predicted octanol–water partition coefficient (Wildman–Crippen LogP) is 2.61. The highest BCUT2D eigenvalue weighted by molar-refractivity contribution is 7.89. The quantitative estimate of drug-likeness (QED) is 0.577. The van der Waals surface area contributed by atoms with E-state index < -0.39 is 39.6 Å². The molecule has 8 nitrogen and oxygen atoms in total. The van der Waals surface area contributed by atoms with Gasteiger partial charge in [-0.05, 0) is 56.2 Å². The zero-order chi connectivity index (χ0) is 23.3. The number of benzene rings is 2. The van der Waals surface area contributed by atoms with Crippen molar-refractivity contribution in [2.24, 2.45) is 0 Å². The van der Waals surface area contributed by atoms with Crippen molar-refractivity contribution in [3.8, 4) is 0 Å². The highest BCUT2D eigenvalue weighted by atomic mass is 32.2. The van der Waals surface area contributed by atoms with Crippen LogP contribution in [-0.2, 0) is 24.3 Å². The lowest BCUT2D eigenvalue weighted by molar-refractivity contribution is -0.123. The Labute approximate surface area is 184 Å². The highest BCUT2D eigenvalue weighted by Crippen LogP contribution is 2.17. The first-order valence-electron chi connectivity index (χ1n) is 9.84. The van der Waals surface area contributed by atoms with Gasteiger partial charge < -0.3 is 14.8 Å². The lowest BCUT2D eigenvalue weighted by Crippen LogP contribution is -2.32. The minimum atomic E-state index is -3.78. The maximum Gasteiger partial charge on any atom is 0.338 e. The van der Waals surface area contributed by atoms with E-state index in [4.69, 9.17) is 9.47 Å². The van der Waals surface area contributed by atoms with Crippen LogP contribution in [0.25, 0.3) is 0 Å². The number of sulfonamides is 1. The van der Waals surface area contributed by atoms with E-state index in [0.717, 1.165) is 31.0 Å². The average Bonchev–Trinajstić information content (AvgIpc) is 3.29. The Morgan fingerprint density at radius 2 is 1.91 bits per heavy atom. The molecule has 0 aromatic heterocycles. The molecule has 11 heteroatoms. The average molecular weight is 468 g/mol. The number of halogens is 2. The summed E-state index contributed by atoms with van der Waals surface area (Å²) in [6.07, 6.45) is 0.191. The molecular weight excluding hydrogens is 446 g/mol. The minimum absolute atomic E-state index is 0.0136. The Kier molecular flexibility index (Phi) is 7.54. The number of esters is 1. The van der Waals surface area contributed by atoms with Gasteiger partial charge in [0.1, 0.15) is 11.6 Å². The smallest absolute Gasteiger partial charge is 0.338 e. The summed E-state index contributed by atoms with van der Waals surface area (Å²) in [7, 11) is -3.78. The molecule has 0 radical (unpaired) electrons. The van der Waals surface area contributed by atoms with Crippen molar-refractivity contribution in [3.05, 3.63) is 59.7 Å². The first-order chi connectivity index (χ1) is 15.2. The van der Waals surface area contributed by atoms with Crippen molar-refractivity contribution in [2.45, 2.75) is 36.9 Å². The third kappa shape index (κ3) is 6.09. The fraction of sp³-hybridized carbons (Fsp3) is 0.333. The van der Waals surface area contributed by atoms with Gasteiger partial charge in [0.2, 0.25) is 10.0 Å². The first-order valence-corrected chi connectivity index (χ1v) is 11.3. The largest absolute Gasteiger partial charge is 0.449 e. The van der Waals surface area contributed by atoms with Crippen molar-refractivity contribution >= 4 is 27.6 Å². The molecule has 0 saturated carbocycles. The van der Waals surface area contributed by atoms with Gasteiger partial charge in [-0.1, -0.05) is 0 Å². The summed E-state index contributed by atoms with van der Waals surface area (Å²) >= 11 is 0. The Hall–Kier alpha value is -2.89. The number of ether oxygens (including phenoxy) is 2. The molecule has 2 aromatic carbocycles. The van der Waals surface area contributed by atoms with Gasteiger partial charge in [-0.2, -0.15) is 0 Å². The van der Waals surface area contributed by atoms with Gasteiger partial charge in [0.05, 0.1) is 22.3 Å². The zero-order valence-corrected chi connectivity index (χ0v) is 18.0. The van der Waals surface area contributed by atoms with Crippen LogP contribution in [0.4, 0.5) is 14.5 Å². The van der Waals surface area contributed by atoms with E-state index >= 15 is 0 Å². The van der Waals surface area contributed by atoms with Crippen LogP contribution >= 0.6 is 0 Å². The van der Waals surface area contributed by atoms with Crippen LogP contribution < -0.4 is 10.0 Å². The third-order valence-corrected chi connectivity index (χ3v) is 6.20. The molecule has 3 rings (SSSR count). The summed E-state index contributed by atoms with van der Waals surface area (Å²) in [5, 5.41) is 2.14. The van der Waals surface area contributed by atoms with Crippen molar-refractivity contribution in [3.63, 3.8) is 0 Å². The van der Waals surface area contributed by atoms with E-state index in [9.17, 15) is 26.8 Å². The Bertz CT molecular complexity index is 1090. The summed E-state index contributed by atoms with van der Waals surface area (Å²) in [6.45, 7) is 2.03. The molecule has 1 aliphatic heterocycles. The molecule has 0 unspecified atom stereocenters. The van der Waals surface area contributed by atoms with Gasteiger partial charge in [-0.25, -0.2) is 26.7 Å². The second-order valence-corrected chi connectivity index (χ2v) is 8.94. The molecule has 0 bridgehead atoms. The second-order valence-electron chi connectivity index (χ2n) is 7.17. The van der Waals surface area contributed by atoms with Crippen LogP contribution in [0.15, 0.2) is 47.4 Å². The Morgan fingerprint density at radius 3 is 2.56 bits per heavy atom. The van der Waals surface area contributed by atoms with E-state index in [-0.39, 0.29) is 28.8 Å². The highest BCUT2D eigenvalue weighted by Gasteiger charge is 2.23. The molecule has 32 heavy (non-hydrogen) atoms. The van der Waals surface area contributed by atoms with Gasteiger partial charge in [0, 0.05) is 19.2 Å². The maximum absolute atomic E-state index is 13.6. The fourth-order valence-electron chi connectivity index (χ4n) is 2.97. The molecule has 2 aromatic rings. The van der Waals surface area contributed by atoms with Gasteiger partial charge in [0.25, 0.3) is 5.91 Å². The third-order valence-electron chi connectivity index (χ3n) is 4.76. The van der Waals surface area contributed by atoms with E-state index in [0.29, 0.717) is 6.61 Å². The van der Waals surface area contributed by atoms with Crippen LogP contribution in [0, 0.1) is 11.6 Å². The summed E-state index contributed by atoms with van der Waals surface area (Å²) in [5.74, 6) is -3.33. The van der Waals surface area contributed by atoms with E-state index in [1.165, 1.54) is 31.2 Å². The predicted molar refractivity (Wildman–Crippen MR) is 110 cm³/mol.